The normalized spacial score (nSPS) is 18.6. The number of hydrogen-bond donors (Lipinski definition) is 1. The molecular weight excluding hydrogens is 424 g/mol. The second-order valence-corrected chi connectivity index (χ2v) is 9.28. The minimum atomic E-state index is 0.183. The number of aromatic amines is 1. The van der Waals surface area contributed by atoms with Gasteiger partial charge in [-0.1, -0.05) is 30.3 Å². The molecule has 2 fully saturated rings. The Bertz CT molecular complexity index is 1110. The van der Waals surface area contributed by atoms with Gasteiger partial charge in [0.1, 0.15) is 0 Å². The summed E-state index contributed by atoms with van der Waals surface area (Å²) in [5.74, 6) is 2.47. The minimum Gasteiger partial charge on any atom is -0.354 e. The van der Waals surface area contributed by atoms with Crippen molar-refractivity contribution >= 4 is 11.6 Å². The van der Waals surface area contributed by atoms with Gasteiger partial charge in [-0.05, 0) is 31.2 Å². The summed E-state index contributed by atoms with van der Waals surface area (Å²) in [4.78, 5) is 16.8. The van der Waals surface area contributed by atoms with E-state index < -0.39 is 0 Å². The van der Waals surface area contributed by atoms with Gasteiger partial charge in [0, 0.05) is 69.3 Å². The number of benzene rings is 1. The maximum Gasteiger partial charge on any atom is 0.172 e. The molecular formula is C26H32N8. The minimum absolute atomic E-state index is 0.183. The highest BCUT2D eigenvalue weighted by Crippen LogP contribution is 2.33. The summed E-state index contributed by atoms with van der Waals surface area (Å²) in [5.41, 5.74) is 3.65. The van der Waals surface area contributed by atoms with E-state index in [1.165, 1.54) is 11.1 Å². The Morgan fingerprint density at radius 3 is 2.21 bits per heavy atom. The zero-order valence-electron chi connectivity index (χ0n) is 19.8. The van der Waals surface area contributed by atoms with Crippen LogP contribution in [0.2, 0.25) is 0 Å². The lowest BCUT2D eigenvalue weighted by molar-refractivity contribution is 0.211. The van der Waals surface area contributed by atoms with Crippen molar-refractivity contribution in [2.45, 2.75) is 32.2 Å². The van der Waals surface area contributed by atoms with Crippen molar-refractivity contribution in [3.8, 4) is 6.07 Å². The fraction of sp³-hybridized carbons (Fsp3) is 0.462. The Kier molecular flexibility index (Phi) is 6.72. The molecule has 2 aliphatic rings. The average molecular weight is 457 g/mol. The number of piperidine rings is 1. The Morgan fingerprint density at radius 1 is 0.971 bits per heavy atom. The van der Waals surface area contributed by atoms with Gasteiger partial charge in [0.25, 0.3) is 0 Å². The van der Waals surface area contributed by atoms with E-state index >= 15 is 0 Å². The SMILES string of the molecule is Cc1[nH]ncc1C(c1ccccc1)N1CCN(c2nccnc2N2CCC(CC#N)CC2)CC1. The van der Waals surface area contributed by atoms with Crippen LogP contribution in [0.3, 0.4) is 0 Å². The van der Waals surface area contributed by atoms with Crippen LogP contribution in [-0.4, -0.2) is 64.3 Å². The van der Waals surface area contributed by atoms with Crippen molar-refractivity contribution in [1.29, 1.82) is 5.26 Å². The predicted octanol–water partition coefficient (Wildman–Crippen LogP) is 3.55. The second kappa shape index (κ2) is 10.2. The number of nitrogens with one attached hydrogen (secondary N) is 1. The molecule has 2 saturated heterocycles. The maximum absolute atomic E-state index is 9.02. The van der Waals surface area contributed by atoms with Crippen LogP contribution in [0.1, 0.15) is 42.1 Å². The standard InChI is InChI=1S/C26H32N8/c1-20-23(19-30-31-20)24(22-5-3-2-4-6-22)32-15-17-34(18-16-32)26-25(28-11-12-29-26)33-13-8-21(7-10-27)9-14-33/h2-6,11-12,19,21,24H,7-9,13-18H2,1H3,(H,30,31). The molecule has 0 aliphatic carbocycles. The van der Waals surface area contributed by atoms with Crippen molar-refractivity contribution in [2.75, 3.05) is 49.1 Å². The number of nitriles is 1. The third kappa shape index (κ3) is 4.62. The fourth-order valence-corrected chi connectivity index (χ4v) is 5.30. The van der Waals surface area contributed by atoms with E-state index in [0.29, 0.717) is 12.3 Å². The Morgan fingerprint density at radius 2 is 1.62 bits per heavy atom. The van der Waals surface area contributed by atoms with Gasteiger partial charge in [0.2, 0.25) is 0 Å². The van der Waals surface area contributed by atoms with Gasteiger partial charge >= 0.3 is 0 Å². The third-order valence-electron chi connectivity index (χ3n) is 7.21. The molecule has 3 aromatic rings. The van der Waals surface area contributed by atoms with E-state index in [4.69, 9.17) is 15.2 Å². The van der Waals surface area contributed by atoms with Crippen LogP contribution >= 0.6 is 0 Å². The van der Waals surface area contributed by atoms with Crippen molar-refractivity contribution in [3.63, 3.8) is 0 Å². The summed E-state index contributed by atoms with van der Waals surface area (Å²) in [7, 11) is 0. The first kappa shape index (κ1) is 22.4. The van der Waals surface area contributed by atoms with Gasteiger partial charge in [-0.3, -0.25) is 10.00 Å². The van der Waals surface area contributed by atoms with Crippen LogP contribution in [0.15, 0.2) is 48.9 Å². The predicted molar refractivity (Wildman–Crippen MR) is 133 cm³/mol. The molecule has 0 radical (unpaired) electrons. The monoisotopic (exact) mass is 456 g/mol. The molecule has 0 bridgehead atoms. The van der Waals surface area contributed by atoms with Crippen LogP contribution in [0.25, 0.3) is 0 Å². The number of anilines is 2. The van der Waals surface area contributed by atoms with Crippen LogP contribution in [0.4, 0.5) is 11.6 Å². The first-order chi connectivity index (χ1) is 16.7. The van der Waals surface area contributed by atoms with Gasteiger partial charge in [0.05, 0.1) is 18.3 Å². The molecule has 1 aromatic carbocycles. The molecule has 1 unspecified atom stereocenters. The van der Waals surface area contributed by atoms with Gasteiger partial charge in [0.15, 0.2) is 11.6 Å². The van der Waals surface area contributed by atoms with Crippen molar-refractivity contribution < 1.29 is 0 Å². The molecule has 1 N–H and O–H groups in total. The second-order valence-electron chi connectivity index (χ2n) is 9.28. The van der Waals surface area contributed by atoms with Gasteiger partial charge in [-0.15, -0.1) is 0 Å². The molecule has 2 aliphatic heterocycles. The summed E-state index contributed by atoms with van der Waals surface area (Å²) in [6.45, 7) is 7.64. The zero-order valence-corrected chi connectivity index (χ0v) is 19.8. The van der Waals surface area contributed by atoms with E-state index in [9.17, 15) is 0 Å². The van der Waals surface area contributed by atoms with E-state index in [1.807, 2.05) is 6.20 Å². The van der Waals surface area contributed by atoms with E-state index in [2.05, 4.69) is 68.2 Å². The molecule has 2 aromatic heterocycles. The van der Waals surface area contributed by atoms with Crippen LogP contribution < -0.4 is 9.80 Å². The van der Waals surface area contributed by atoms with E-state index in [-0.39, 0.29) is 6.04 Å². The number of piperazine rings is 1. The summed E-state index contributed by atoms with van der Waals surface area (Å²) < 4.78 is 0. The van der Waals surface area contributed by atoms with Gasteiger partial charge < -0.3 is 9.80 Å². The molecule has 1 atom stereocenters. The van der Waals surface area contributed by atoms with Gasteiger partial charge in [-0.2, -0.15) is 10.4 Å². The van der Waals surface area contributed by atoms with Crippen LogP contribution in [0, 0.1) is 24.2 Å². The van der Waals surface area contributed by atoms with Crippen molar-refractivity contribution in [2.24, 2.45) is 5.92 Å². The maximum atomic E-state index is 9.02. The molecule has 5 rings (SSSR count). The van der Waals surface area contributed by atoms with Gasteiger partial charge in [-0.25, -0.2) is 9.97 Å². The zero-order chi connectivity index (χ0) is 23.3. The largest absolute Gasteiger partial charge is 0.354 e. The van der Waals surface area contributed by atoms with Crippen molar-refractivity contribution in [3.05, 3.63) is 65.7 Å². The molecule has 34 heavy (non-hydrogen) atoms. The number of aryl methyl sites for hydroxylation is 1. The molecule has 0 spiro atoms. The number of hydrogen-bond acceptors (Lipinski definition) is 7. The first-order valence-corrected chi connectivity index (χ1v) is 12.2. The topological polar surface area (TPSA) is 88.0 Å². The number of H-pyrrole nitrogens is 1. The smallest absolute Gasteiger partial charge is 0.172 e. The van der Waals surface area contributed by atoms with Crippen LogP contribution in [0.5, 0.6) is 0 Å². The molecule has 8 nitrogen and oxygen atoms in total. The average Bonchev–Trinajstić information content (AvgIpc) is 3.31. The number of nitrogens with zero attached hydrogens (tertiary/aromatic N) is 7. The molecule has 4 heterocycles. The highest BCUT2D eigenvalue weighted by Gasteiger charge is 2.30. The lowest BCUT2D eigenvalue weighted by Crippen LogP contribution is -2.49. The quantitative estimate of drug-likeness (QED) is 0.607. The molecule has 8 heteroatoms. The van der Waals surface area contributed by atoms with E-state index in [1.54, 1.807) is 12.4 Å². The number of rotatable bonds is 6. The summed E-state index contributed by atoms with van der Waals surface area (Å²) in [6.07, 6.45) is 8.30. The molecule has 176 valence electrons. The fourth-order valence-electron chi connectivity index (χ4n) is 5.30. The molecule has 0 amide bonds. The summed E-state index contributed by atoms with van der Waals surface area (Å²) in [5, 5.41) is 16.4. The highest BCUT2D eigenvalue weighted by molar-refractivity contribution is 5.62. The van der Waals surface area contributed by atoms with E-state index in [0.717, 1.165) is 69.4 Å². The summed E-state index contributed by atoms with van der Waals surface area (Å²) in [6, 6.07) is 13.2. The van der Waals surface area contributed by atoms with Crippen LogP contribution in [-0.2, 0) is 0 Å². The lowest BCUT2D eigenvalue weighted by atomic mass is 9.94. The Balaban J connectivity index is 1.31. The number of aromatic nitrogens is 4. The Hall–Kier alpha value is -3.44. The third-order valence-corrected chi connectivity index (χ3v) is 7.21. The lowest BCUT2D eigenvalue weighted by Gasteiger charge is -2.41. The van der Waals surface area contributed by atoms with Crippen molar-refractivity contribution in [1.82, 2.24) is 25.1 Å². The molecule has 0 saturated carbocycles. The summed E-state index contributed by atoms with van der Waals surface area (Å²) >= 11 is 0. The Labute approximate surface area is 201 Å². The highest BCUT2D eigenvalue weighted by atomic mass is 15.3. The first-order valence-electron chi connectivity index (χ1n) is 12.2.